The number of amides is 1. The van der Waals surface area contributed by atoms with Crippen LogP contribution in [-0.2, 0) is 4.79 Å². The summed E-state index contributed by atoms with van der Waals surface area (Å²) in [7, 11) is 0. The van der Waals surface area contributed by atoms with Crippen molar-refractivity contribution in [2.24, 2.45) is 11.1 Å². The summed E-state index contributed by atoms with van der Waals surface area (Å²) in [5, 5.41) is 3.07. The Morgan fingerprint density at radius 3 is 2.61 bits per heavy atom. The molecular formula is C15H22N2O. The molecule has 0 bridgehead atoms. The average Bonchev–Trinajstić information content (AvgIpc) is 2.84. The van der Waals surface area contributed by atoms with Gasteiger partial charge in [-0.05, 0) is 43.9 Å². The molecule has 2 rings (SSSR count). The summed E-state index contributed by atoms with van der Waals surface area (Å²) in [6.45, 7) is 4.49. The summed E-state index contributed by atoms with van der Waals surface area (Å²) in [6.07, 6.45) is 4.05. The van der Waals surface area contributed by atoms with Crippen LogP contribution in [0.2, 0.25) is 0 Å². The van der Waals surface area contributed by atoms with Crippen molar-refractivity contribution < 1.29 is 4.79 Å². The third-order valence-corrected chi connectivity index (χ3v) is 4.07. The molecule has 1 aromatic carbocycles. The minimum atomic E-state index is -0.337. The molecule has 1 aromatic rings. The summed E-state index contributed by atoms with van der Waals surface area (Å²) in [4.78, 5) is 12.4. The molecule has 3 heteroatoms. The van der Waals surface area contributed by atoms with E-state index in [1.807, 2.05) is 26.0 Å². The number of rotatable bonds is 3. The van der Waals surface area contributed by atoms with E-state index < -0.39 is 0 Å². The van der Waals surface area contributed by atoms with Gasteiger partial charge in [-0.3, -0.25) is 4.79 Å². The van der Waals surface area contributed by atoms with Crippen LogP contribution in [-0.4, -0.2) is 12.5 Å². The molecule has 1 fully saturated rings. The summed E-state index contributed by atoms with van der Waals surface area (Å²) in [6, 6.07) is 6.11. The van der Waals surface area contributed by atoms with Gasteiger partial charge in [0.25, 0.3) is 0 Å². The molecule has 3 N–H and O–H groups in total. The van der Waals surface area contributed by atoms with Gasteiger partial charge < -0.3 is 11.1 Å². The Bertz CT molecular complexity index is 448. The van der Waals surface area contributed by atoms with Gasteiger partial charge in [0.15, 0.2) is 0 Å². The normalized spacial score (nSPS) is 17.7. The number of nitrogens with two attached hydrogens (primary N) is 1. The number of aryl methyl sites for hydroxylation is 2. The van der Waals surface area contributed by atoms with Crippen molar-refractivity contribution in [3.8, 4) is 0 Å². The van der Waals surface area contributed by atoms with E-state index in [1.54, 1.807) is 0 Å². The first kappa shape index (κ1) is 13.1. The lowest BCUT2D eigenvalue weighted by molar-refractivity contribution is -0.124. The van der Waals surface area contributed by atoms with Crippen LogP contribution in [0.25, 0.3) is 0 Å². The minimum absolute atomic E-state index is 0.0937. The van der Waals surface area contributed by atoms with Crippen LogP contribution in [0.3, 0.4) is 0 Å². The molecule has 98 valence electrons. The van der Waals surface area contributed by atoms with Crippen LogP contribution >= 0.6 is 0 Å². The van der Waals surface area contributed by atoms with Crippen LogP contribution in [0, 0.1) is 19.3 Å². The molecule has 0 saturated heterocycles. The van der Waals surface area contributed by atoms with E-state index in [2.05, 4.69) is 11.4 Å². The minimum Gasteiger partial charge on any atom is -0.329 e. The van der Waals surface area contributed by atoms with Gasteiger partial charge in [0.05, 0.1) is 5.41 Å². The van der Waals surface area contributed by atoms with E-state index in [0.29, 0.717) is 6.54 Å². The molecule has 0 radical (unpaired) electrons. The summed E-state index contributed by atoms with van der Waals surface area (Å²) < 4.78 is 0. The number of nitrogens with one attached hydrogen (secondary N) is 1. The Morgan fingerprint density at radius 2 is 2.00 bits per heavy atom. The van der Waals surface area contributed by atoms with Crippen molar-refractivity contribution in [1.29, 1.82) is 0 Å². The summed E-state index contributed by atoms with van der Waals surface area (Å²) >= 11 is 0. The number of carbonyl (C=O) groups is 1. The second-order valence-corrected chi connectivity index (χ2v) is 5.46. The molecule has 0 aliphatic heterocycles. The Kier molecular flexibility index (Phi) is 3.71. The zero-order valence-corrected chi connectivity index (χ0v) is 11.3. The van der Waals surface area contributed by atoms with Crippen molar-refractivity contribution in [2.75, 3.05) is 11.9 Å². The van der Waals surface area contributed by atoms with E-state index in [9.17, 15) is 4.79 Å². The molecule has 0 spiro atoms. The highest BCUT2D eigenvalue weighted by Crippen LogP contribution is 2.38. The van der Waals surface area contributed by atoms with Crippen LogP contribution in [0.4, 0.5) is 5.69 Å². The summed E-state index contributed by atoms with van der Waals surface area (Å²) in [5.74, 6) is 0.0937. The van der Waals surface area contributed by atoms with Gasteiger partial charge in [0.1, 0.15) is 0 Å². The zero-order valence-electron chi connectivity index (χ0n) is 11.3. The quantitative estimate of drug-likeness (QED) is 0.861. The first-order valence-electron chi connectivity index (χ1n) is 6.66. The fourth-order valence-corrected chi connectivity index (χ4v) is 2.70. The van der Waals surface area contributed by atoms with Gasteiger partial charge in [-0.1, -0.05) is 25.0 Å². The average molecular weight is 246 g/mol. The second-order valence-electron chi connectivity index (χ2n) is 5.46. The Balaban J connectivity index is 2.18. The molecule has 1 aliphatic carbocycles. The third-order valence-electron chi connectivity index (χ3n) is 4.07. The molecule has 0 aromatic heterocycles. The van der Waals surface area contributed by atoms with Crippen molar-refractivity contribution in [1.82, 2.24) is 0 Å². The Morgan fingerprint density at radius 1 is 1.33 bits per heavy atom. The lowest BCUT2D eigenvalue weighted by Crippen LogP contribution is -2.40. The van der Waals surface area contributed by atoms with Crippen molar-refractivity contribution in [3.63, 3.8) is 0 Å². The van der Waals surface area contributed by atoms with Crippen molar-refractivity contribution in [2.45, 2.75) is 39.5 Å². The largest absolute Gasteiger partial charge is 0.329 e. The maximum Gasteiger partial charge on any atom is 0.231 e. The lowest BCUT2D eigenvalue weighted by atomic mass is 9.85. The van der Waals surface area contributed by atoms with Crippen LogP contribution < -0.4 is 11.1 Å². The maximum atomic E-state index is 12.4. The molecule has 0 atom stereocenters. The molecule has 18 heavy (non-hydrogen) atoms. The van der Waals surface area contributed by atoms with Crippen LogP contribution in [0.1, 0.15) is 36.8 Å². The standard InChI is InChI=1S/C15H22N2O/c1-11-5-6-12(2)13(9-11)17-14(18)15(10-16)7-3-4-8-15/h5-6,9H,3-4,7-8,10,16H2,1-2H3,(H,17,18). The highest BCUT2D eigenvalue weighted by Gasteiger charge is 2.39. The van der Waals surface area contributed by atoms with Gasteiger partial charge in [-0.15, -0.1) is 0 Å². The van der Waals surface area contributed by atoms with Gasteiger partial charge in [0, 0.05) is 12.2 Å². The summed E-state index contributed by atoms with van der Waals surface area (Å²) in [5.41, 5.74) is 8.66. The van der Waals surface area contributed by atoms with E-state index in [0.717, 1.165) is 42.5 Å². The number of hydrogen-bond donors (Lipinski definition) is 2. The number of hydrogen-bond acceptors (Lipinski definition) is 2. The molecule has 1 aliphatic rings. The van der Waals surface area contributed by atoms with Gasteiger partial charge in [-0.25, -0.2) is 0 Å². The molecular weight excluding hydrogens is 224 g/mol. The number of benzene rings is 1. The smallest absolute Gasteiger partial charge is 0.231 e. The van der Waals surface area contributed by atoms with Crippen LogP contribution in [0.5, 0.6) is 0 Å². The van der Waals surface area contributed by atoms with Gasteiger partial charge in [-0.2, -0.15) is 0 Å². The molecule has 1 saturated carbocycles. The first-order valence-corrected chi connectivity index (χ1v) is 6.66. The molecule has 3 nitrogen and oxygen atoms in total. The fourth-order valence-electron chi connectivity index (χ4n) is 2.70. The zero-order chi connectivity index (χ0) is 13.2. The van der Waals surface area contributed by atoms with Gasteiger partial charge in [0.2, 0.25) is 5.91 Å². The molecule has 1 amide bonds. The SMILES string of the molecule is Cc1ccc(C)c(NC(=O)C2(CN)CCCC2)c1. The second kappa shape index (κ2) is 5.11. The van der Waals surface area contributed by atoms with Crippen molar-refractivity contribution >= 4 is 11.6 Å². The van der Waals surface area contributed by atoms with Crippen LogP contribution in [0.15, 0.2) is 18.2 Å². The van der Waals surface area contributed by atoms with E-state index in [4.69, 9.17) is 5.73 Å². The number of anilines is 1. The first-order chi connectivity index (χ1) is 8.57. The highest BCUT2D eigenvalue weighted by molar-refractivity contribution is 5.96. The van der Waals surface area contributed by atoms with E-state index in [1.165, 1.54) is 0 Å². The van der Waals surface area contributed by atoms with Crippen molar-refractivity contribution in [3.05, 3.63) is 29.3 Å². The van der Waals surface area contributed by atoms with Gasteiger partial charge >= 0.3 is 0 Å². The monoisotopic (exact) mass is 246 g/mol. The predicted molar refractivity (Wildman–Crippen MR) is 74.5 cm³/mol. The predicted octanol–water partition coefficient (Wildman–Crippen LogP) is 2.76. The third kappa shape index (κ3) is 2.41. The Hall–Kier alpha value is -1.35. The van der Waals surface area contributed by atoms with E-state index in [-0.39, 0.29) is 11.3 Å². The topological polar surface area (TPSA) is 55.1 Å². The molecule has 0 unspecified atom stereocenters. The number of carbonyl (C=O) groups excluding carboxylic acids is 1. The van der Waals surface area contributed by atoms with E-state index >= 15 is 0 Å². The Labute approximate surface area is 109 Å². The highest BCUT2D eigenvalue weighted by atomic mass is 16.2. The molecule has 0 heterocycles. The lowest BCUT2D eigenvalue weighted by Gasteiger charge is -2.26. The maximum absolute atomic E-state index is 12.4. The fraction of sp³-hybridized carbons (Fsp3) is 0.533.